The number of piperidine rings is 1. The molecule has 3 heterocycles. The van der Waals surface area contributed by atoms with E-state index in [1.165, 1.54) is 0 Å². The lowest BCUT2D eigenvalue weighted by Crippen LogP contribution is -2.56. The van der Waals surface area contributed by atoms with Crippen LogP contribution in [0.15, 0.2) is 0 Å². The summed E-state index contributed by atoms with van der Waals surface area (Å²) in [5, 5.41) is 6.75. The quantitative estimate of drug-likeness (QED) is 0.725. The molecule has 0 saturated carbocycles. The molecular weight excluding hydrogens is 367 g/mol. The lowest BCUT2D eigenvalue weighted by molar-refractivity contribution is -0.140. The van der Waals surface area contributed by atoms with Gasteiger partial charge >= 0.3 is 0 Å². The van der Waals surface area contributed by atoms with E-state index in [-0.39, 0.29) is 34.5 Å². The van der Waals surface area contributed by atoms with Crippen molar-refractivity contribution >= 4 is 35.0 Å². The Labute approximate surface area is 156 Å². The minimum atomic E-state index is -0.341. The van der Waals surface area contributed by atoms with Crippen molar-refractivity contribution in [2.45, 2.75) is 19.4 Å². The number of aromatic nitrogens is 1. The van der Waals surface area contributed by atoms with E-state index in [2.05, 4.69) is 15.6 Å². The predicted octanol–water partition coefficient (Wildman–Crippen LogP) is 1.20. The number of morpholine rings is 1. The van der Waals surface area contributed by atoms with E-state index in [1.807, 2.05) is 4.90 Å². The van der Waals surface area contributed by atoms with Crippen LogP contribution in [0.3, 0.4) is 0 Å². The van der Waals surface area contributed by atoms with E-state index in [0.717, 1.165) is 6.54 Å². The smallest absolute Gasteiger partial charge is 0.269 e. The number of halogens is 2. The lowest BCUT2D eigenvalue weighted by Gasteiger charge is -2.36. The third-order valence-corrected chi connectivity index (χ3v) is 5.67. The van der Waals surface area contributed by atoms with Crippen molar-refractivity contribution in [1.82, 2.24) is 20.5 Å². The number of hydrogen-bond donors (Lipinski definition) is 3. The first-order chi connectivity index (χ1) is 12.0. The highest BCUT2D eigenvalue weighted by Gasteiger charge is 2.35. The fraction of sp³-hybridized carbons (Fsp3) is 0.625. The van der Waals surface area contributed by atoms with Crippen LogP contribution in [-0.4, -0.2) is 67.1 Å². The molecule has 3 rings (SSSR count). The van der Waals surface area contributed by atoms with E-state index in [4.69, 9.17) is 27.9 Å². The molecule has 0 spiro atoms. The number of nitrogens with one attached hydrogen (secondary N) is 3. The van der Waals surface area contributed by atoms with Crippen LogP contribution in [0, 0.1) is 12.8 Å². The lowest BCUT2D eigenvalue weighted by atomic mass is 9.91. The maximum absolute atomic E-state index is 12.8. The molecule has 2 atom stereocenters. The third kappa shape index (κ3) is 3.95. The number of aryl methyl sites for hydroxylation is 1. The van der Waals surface area contributed by atoms with Gasteiger partial charge < -0.3 is 25.3 Å². The average Bonchev–Trinajstić information content (AvgIpc) is 2.90. The van der Waals surface area contributed by atoms with E-state index in [0.29, 0.717) is 50.0 Å². The summed E-state index contributed by atoms with van der Waals surface area (Å²) in [4.78, 5) is 30.1. The predicted molar refractivity (Wildman–Crippen MR) is 95.2 cm³/mol. The maximum atomic E-state index is 12.8. The summed E-state index contributed by atoms with van der Waals surface area (Å²) in [7, 11) is 0. The second kappa shape index (κ2) is 7.95. The Balaban J connectivity index is 1.71. The second-order valence-corrected chi connectivity index (χ2v) is 7.13. The molecule has 3 N–H and O–H groups in total. The number of carbonyl (C=O) groups excluding carboxylic acids is 2. The number of nitrogens with zero attached hydrogens (tertiary/aromatic N) is 1. The molecule has 1 aromatic heterocycles. The fourth-order valence-corrected chi connectivity index (χ4v) is 3.69. The van der Waals surface area contributed by atoms with Gasteiger partial charge in [0, 0.05) is 31.4 Å². The Bertz CT molecular complexity index is 658. The summed E-state index contributed by atoms with van der Waals surface area (Å²) in [6.45, 7) is 5.33. The monoisotopic (exact) mass is 388 g/mol. The van der Waals surface area contributed by atoms with Crippen LogP contribution in [0.25, 0.3) is 0 Å². The van der Waals surface area contributed by atoms with E-state index in [9.17, 15) is 9.59 Å². The van der Waals surface area contributed by atoms with Gasteiger partial charge in [0.15, 0.2) is 0 Å². The highest BCUT2D eigenvalue weighted by molar-refractivity contribution is 6.44. The van der Waals surface area contributed by atoms with Crippen LogP contribution >= 0.6 is 23.2 Å². The first kappa shape index (κ1) is 18.5. The van der Waals surface area contributed by atoms with Crippen LogP contribution in [0.4, 0.5) is 0 Å². The van der Waals surface area contributed by atoms with Crippen LogP contribution < -0.4 is 10.6 Å². The van der Waals surface area contributed by atoms with Gasteiger partial charge in [0.05, 0.1) is 29.2 Å². The summed E-state index contributed by atoms with van der Waals surface area (Å²) in [6.07, 6.45) is 0.678. The van der Waals surface area contributed by atoms with Crippen molar-refractivity contribution in [3.63, 3.8) is 0 Å². The first-order valence-corrected chi connectivity index (χ1v) is 9.16. The van der Waals surface area contributed by atoms with Crippen molar-refractivity contribution in [1.29, 1.82) is 0 Å². The standard InChI is InChI=1S/C16H22Cl2N4O3/c1-9-12(17)13(18)14(20-9)15(23)21-11-2-3-19-8-10(11)16(24)22-4-6-25-7-5-22/h10-11,19-20H,2-8H2,1H3,(H,21,23)/t10-,11-/m0/s1. The number of hydrogen-bond acceptors (Lipinski definition) is 4. The van der Waals surface area contributed by atoms with E-state index >= 15 is 0 Å². The van der Waals surface area contributed by atoms with Crippen LogP contribution in [0.5, 0.6) is 0 Å². The zero-order valence-electron chi connectivity index (χ0n) is 14.0. The van der Waals surface area contributed by atoms with Gasteiger partial charge in [-0.1, -0.05) is 23.2 Å². The number of amides is 2. The SMILES string of the molecule is Cc1[nH]c(C(=O)N[C@H]2CCNC[C@@H]2C(=O)N2CCOCC2)c(Cl)c1Cl. The minimum absolute atomic E-state index is 0.0487. The van der Waals surface area contributed by atoms with Crippen molar-refractivity contribution in [3.8, 4) is 0 Å². The molecule has 138 valence electrons. The molecule has 2 saturated heterocycles. The second-order valence-electron chi connectivity index (χ2n) is 6.37. The van der Waals surface area contributed by atoms with Gasteiger partial charge in [0.1, 0.15) is 5.69 Å². The fourth-order valence-electron chi connectivity index (χ4n) is 3.28. The highest BCUT2D eigenvalue weighted by atomic mass is 35.5. The zero-order chi connectivity index (χ0) is 18.0. The Kier molecular flexibility index (Phi) is 5.89. The van der Waals surface area contributed by atoms with Gasteiger partial charge in [-0.15, -0.1) is 0 Å². The molecule has 0 aromatic carbocycles. The Hall–Kier alpha value is -1.28. The molecule has 7 nitrogen and oxygen atoms in total. The number of rotatable bonds is 3. The summed E-state index contributed by atoms with van der Waals surface area (Å²) < 4.78 is 5.30. The van der Waals surface area contributed by atoms with Gasteiger partial charge in [-0.3, -0.25) is 9.59 Å². The van der Waals surface area contributed by atoms with Crippen LogP contribution in [0.1, 0.15) is 22.6 Å². The van der Waals surface area contributed by atoms with Crippen molar-refractivity contribution < 1.29 is 14.3 Å². The average molecular weight is 389 g/mol. The molecular formula is C16H22Cl2N4O3. The Morgan fingerprint density at radius 1 is 1.24 bits per heavy atom. The van der Waals surface area contributed by atoms with Crippen LogP contribution in [0.2, 0.25) is 10.0 Å². The van der Waals surface area contributed by atoms with Crippen molar-refractivity contribution in [3.05, 3.63) is 21.4 Å². The number of carbonyl (C=O) groups is 2. The van der Waals surface area contributed by atoms with Crippen molar-refractivity contribution in [2.75, 3.05) is 39.4 Å². The van der Waals surface area contributed by atoms with E-state index < -0.39 is 0 Å². The van der Waals surface area contributed by atoms with Crippen LogP contribution in [-0.2, 0) is 9.53 Å². The normalized spacial score (nSPS) is 24.2. The Morgan fingerprint density at radius 2 is 1.96 bits per heavy atom. The summed E-state index contributed by atoms with van der Waals surface area (Å²) in [5.41, 5.74) is 0.878. The van der Waals surface area contributed by atoms with Gasteiger partial charge in [-0.05, 0) is 19.9 Å². The summed E-state index contributed by atoms with van der Waals surface area (Å²) >= 11 is 12.2. The molecule has 2 amide bonds. The topological polar surface area (TPSA) is 86.5 Å². The van der Waals surface area contributed by atoms with Gasteiger partial charge in [0.25, 0.3) is 5.91 Å². The molecule has 0 bridgehead atoms. The molecule has 0 unspecified atom stereocenters. The number of H-pyrrole nitrogens is 1. The molecule has 9 heteroatoms. The molecule has 1 aromatic rings. The molecule has 0 aliphatic carbocycles. The van der Waals surface area contributed by atoms with Gasteiger partial charge in [0.2, 0.25) is 5.91 Å². The summed E-state index contributed by atoms with van der Waals surface area (Å²) in [5.74, 6) is -0.597. The molecule has 2 aliphatic rings. The molecule has 2 fully saturated rings. The zero-order valence-corrected chi connectivity index (χ0v) is 15.5. The van der Waals surface area contributed by atoms with Crippen molar-refractivity contribution in [2.24, 2.45) is 5.92 Å². The third-order valence-electron chi connectivity index (χ3n) is 4.72. The largest absolute Gasteiger partial charge is 0.378 e. The Morgan fingerprint density at radius 3 is 2.60 bits per heavy atom. The molecule has 25 heavy (non-hydrogen) atoms. The summed E-state index contributed by atoms with van der Waals surface area (Å²) in [6, 6.07) is -0.248. The van der Waals surface area contributed by atoms with Gasteiger partial charge in [-0.2, -0.15) is 0 Å². The van der Waals surface area contributed by atoms with E-state index in [1.54, 1.807) is 6.92 Å². The highest BCUT2D eigenvalue weighted by Crippen LogP contribution is 2.29. The molecule has 2 aliphatic heterocycles. The maximum Gasteiger partial charge on any atom is 0.269 e. The van der Waals surface area contributed by atoms with Gasteiger partial charge in [-0.25, -0.2) is 0 Å². The first-order valence-electron chi connectivity index (χ1n) is 8.40. The number of ether oxygens (including phenoxy) is 1. The number of aromatic amines is 1. The minimum Gasteiger partial charge on any atom is -0.378 e. The molecule has 0 radical (unpaired) electrons.